The third-order valence-electron chi connectivity index (χ3n) is 4.04. The number of rotatable bonds is 6. The second-order valence-corrected chi connectivity index (χ2v) is 6.37. The fraction of sp³-hybridized carbons (Fsp3) is 0.421. The molecule has 5 heteroatoms. The summed E-state index contributed by atoms with van der Waals surface area (Å²) in [5.74, 6) is 0.635. The van der Waals surface area contributed by atoms with Gasteiger partial charge in [-0.15, -0.1) is 0 Å². The molecule has 2 rings (SSSR count). The van der Waals surface area contributed by atoms with Gasteiger partial charge in [-0.1, -0.05) is 39.0 Å². The van der Waals surface area contributed by atoms with E-state index >= 15 is 0 Å². The number of amides is 1. The van der Waals surface area contributed by atoms with Crippen LogP contribution in [-0.4, -0.2) is 21.9 Å². The molecule has 1 aromatic carbocycles. The summed E-state index contributed by atoms with van der Waals surface area (Å²) in [6.45, 7) is 10.4. The smallest absolute Gasteiger partial charge is 0.270 e. The summed E-state index contributed by atoms with van der Waals surface area (Å²) in [6, 6.07) is 7.94. The van der Waals surface area contributed by atoms with Gasteiger partial charge >= 0.3 is 0 Å². The molecule has 128 valence electrons. The van der Waals surface area contributed by atoms with E-state index in [2.05, 4.69) is 40.5 Å². The zero-order valence-electron chi connectivity index (χ0n) is 15.1. The minimum Gasteiger partial charge on any atom is -0.348 e. The van der Waals surface area contributed by atoms with Crippen LogP contribution < -0.4 is 10.6 Å². The van der Waals surface area contributed by atoms with Gasteiger partial charge < -0.3 is 10.6 Å². The van der Waals surface area contributed by atoms with E-state index in [0.29, 0.717) is 17.6 Å². The van der Waals surface area contributed by atoms with E-state index in [1.165, 1.54) is 5.56 Å². The molecular weight excluding hydrogens is 300 g/mol. The van der Waals surface area contributed by atoms with Gasteiger partial charge in [-0.05, 0) is 43.4 Å². The van der Waals surface area contributed by atoms with E-state index in [1.807, 2.05) is 32.9 Å². The van der Waals surface area contributed by atoms with Crippen LogP contribution in [-0.2, 0) is 0 Å². The Morgan fingerprint density at radius 1 is 1.21 bits per heavy atom. The largest absolute Gasteiger partial charge is 0.348 e. The van der Waals surface area contributed by atoms with Crippen molar-refractivity contribution in [2.75, 3.05) is 5.32 Å². The maximum Gasteiger partial charge on any atom is 0.270 e. The molecule has 0 aliphatic rings. The molecular formula is C19H26N4O. The number of aryl methyl sites for hydroxylation is 1. The number of carbonyl (C=O) groups is 1. The van der Waals surface area contributed by atoms with Crippen molar-refractivity contribution in [1.29, 1.82) is 0 Å². The highest BCUT2D eigenvalue weighted by Gasteiger charge is 2.13. The Morgan fingerprint density at radius 2 is 1.96 bits per heavy atom. The fourth-order valence-electron chi connectivity index (χ4n) is 2.40. The van der Waals surface area contributed by atoms with E-state index in [0.717, 1.165) is 17.7 Å². The summed E-state index contributed by atoms with van der Waals surface area (Å²) in [7, 11) is 0. The Bertz CT molecular complexity index is 712. The molecule has 0 aliphatic heterocycles. The predicted octanol–water partition coefficient (Wildman–Crippen LogP) is 4.18. The lowest BCUT2D eigenvalue weighted by Gasteiger charge is -2.16. The molecule has 0 bridgehead atoms. The molecule has 1 atom stereocenters. The van der Waals surface area contributed by atoms with E-state index in [9.17, 15) is 4.79 Å². The molecule has 2 N–H and O–H groups in total. The molecule has 1 aromatic heterocycles. The summed E-state index contributed by atoms with van der Waals surface area (Å²) in [4.78, 5) is 20.8. The predicted molar refractivity (Wildman–Crippen MR) is 97.8 cm³/mol. The molecule has 1 unspecified atom stereocenters. The Hall–Kier alpha value is -2.43. The van der Waals surface area contributed by atoms with Gasteiger partial charge in [0.2, 0.25) is 5.95 Å². The second-order valence-electron chi connectivity index (χ2n) is 6.37. The van der Waals surface area contributed by atoms with Crippen molar-refractivity contribution in [3.8, 4) is 0 Å². The van der Waals surface area contributed by atoms with Crippen molar-refractivity contribution in [3.05, 3.63) is 47.3 Å². The number of benzene rings is 1. The molecule has 24 heavy (non-hydrogen) atoms. The molecule has 1 amide bonds. The highest BCUT2D eigenvalue weighted by Crippen LogP contribution is 2.29. The van der Waals surface area contributed by atoms with Gasteiger partial charge in [-0.25, -0.2) is 9.97 Å². The number of nitrogens with one attached hydrogen (secondary N) is 2. The number of anilines is 2. The van der Waals surface area contributed by atoms with Gasteiger partial charge in [0, 0.05) is 17.9 Å². The van der Waals surface area contributed by atoms with Gasteiger partial charge in [0.15, 0.2) is 0 Å². The average molecular weight is 326 g/mol. The van der Waals surface area contributed by atoms with Crippen molar-refractivity contribution in [3.63, 3.8) is 0 Å². The molecule has 0 spiro atoms. The monoisotopic (exact) mass is 326 g/mol. The molecule has 0 saturated carbocycles. The minimum atomic E-state index is -0.177. The molecule has 0 saturated heterocycles. The lowest BCUT2D eigenvalue weighted by Crippen LogP contribution is -2.32. The Kier molecular flexibility index (Phi) is 5.90. The Balaban J connectivity index is 2.26. The van der Waals surface area contributed by atoms with Gasteiger partial charge in [-0.2, -0.15) is 0 Å². The van der Waals surface area contributed by atoms with E-state index < -0.39 is 0 Å². The standard InChI is InChI=1S/C19H26N4O/c1-6-14(5)21-18(24)16-10-11-20-19(22-16)23-17-13(4)8-7-9-15(17)12(2)3/h7-12,14H,6H2,1-5H3,(H,21,24)(H,20,22,23). The first-order valence-corrected chi connectivity index (χ1v) is 8.42. The molecule has 2 aromatic rings. The van der Waals surface area contributed by atoms with Crippen molar-refractivity contribution in [1.82, 2.24) is 15.3 Å². The quantitative estimate of drug-likeness (QED) is 0.835. The van der Waals surface area contributed by atoms with Crippen LogP contribution in [0.3, 0.4) is 0 Å². The Labute approximate surface area is 143 Å². The molecule has 1 heterocycles. The highest BCUT2D eigenvalue weighted by atomic mass is 16.1. The zero-order valence-corrected chi connectivity index (χ0v) is 15.1. The van der Waals surface area contributed by atoms with E-state index in [1.54, 1.807) is 12.3 Å². The normalized spacial score (nSPS) is 12.1. The van der Waals surface area contributed by atoms with Crippen LogP contribution in [0.25, 0.3) is 0 Å². The third kappa shape index (κ3) is 4.31. The van der Waals surface area contributed by atoms with Crippen LogP contribution in [0.5, 0.6) is 0 Å². The third-order valence-corrected chi connectivity index (χ3v) is 4.04. The summed E-state index contributed by atoms with van der Waals surface area (Å²) >= 11 is 0. The van der Waals surface area contributed by atoms with E-state index in [4.69, 9.17) is 0 Å². The maximum atomic E-state index is 12.2. The van der Waals surface area contributed by atoms with Crippen LogP contribution in [0, 0.1) is 6.92 Å². The molecule has 0 fully saturated rings. The number of hydrogen-bond donors (Lipinski definition) is 2. The second kappa shape index (κ2) is 7.90. The summed E-state index contributed by atoms with van der Waals surface area (Å²) in [6.07, 6.45) is 2.48. The van der Waals surface area contributed by atoms with Crippen molar-refractivity contribution in [2.24, 2.45) is 0 Å². The van der Waals surface area contributed by atoms with Crippen molar-refractivity contribution in [2.45, 2.75) is 53.0 Å². The number of nitrogens with zero attached hydrogens (tertiary/aromatic N) is 2. The lowest BCUT2D eigenvalue weighted by molar-refractivity contribution is 0.0934. The number of hydrogen-bond acceptors (Lipinski definition) is 4. The van der Waals surface area contributed by atoms with Gasteiger partial charge in [0.05, 0.1) is 0 Å². The Morgan fingerprint density at radius 3 is 2.62 bits per heavy atom. The van der Waals surface area contributed by atoms with Crippen LogP contribution >= 0.6 is 0 Å². The van der Waals surface area contributed by atoms with Crippen LogP contribution in [0.1, 0.15) is 61.6 Å². The molecule has 5 nitrogen and oxygen atoms in total. The van der Waals surface area contributed by atoms with Crippen LogP contribution in [0.15, 0.2) is 30.5 Å². The summed E-state index contributed by atoms with van der Waals surface area (Å²) < 4.78 is 0. The minimum absolute atomic E-state index is 0.118. The van der Waals surface area contributed by atoms with Gasteiger partial charge in [0.1, 0.15) is 5.69 Å². The number of carbonyl (C=O) groups excluding carboxylic acids is 1. The first kappa shape index (κ1) is 17.9. The molecule has 0 aliphatic carbocycles. The van der Waals surface area contributed by atoms with Crippen LogP contribution in [0.2, 0.25) is 0 Å². The highest BCUT2D eigenvalue weighted by molar-refractivity contribution is 5.92. The molecule has 0 radical (unpaired) electrons. The fourth-order valence-corrected chi connectivity index (χ4v) is 2.40. The van der Waals surface area contributed by atoms with E-state index in [-0.39, 0.29) is 11.9 Å². The summed E-state index contributed by atoms with van der Waals surface area (Å²) in [5, 5.41) is 6.20. The van der Waals surface area contributed by atoms with Gasteiger partial charge in [-0.3, -0.25) is 4.79 Å². The van der Waals surface area contributed by atoms with Gasteiger partial charge in [0.25, 0.3) is 5.91 Å². The van der Waals surface area contributed by atoms with Crippen molar-refractivity contribution < 1.29 is 4.79 Å². The lowest BCUT2D eigenvalue weighted by atomic mass is 9.98. The maximum absolute atomic E-state index is 12.2. The average Bonchev–Trinajstić information content (AvgIpc) is 2.56. The zero-order chi connectivity index (χ0) is 17.7. The topological polar surface area (TPSA) is 66.9 Å². The first-order chi connectivity index (χ1) is 11.4. The van der Waals surface area contributed by atoms with Crippen molar-refractivity contribution >= 4 is 17.5 Å². The van der Waals surface area contributed by atoms with Crippen LogP contribution in [0.4, 0.5) is 11.6 Å². The SMILES string of the molecule is CCC(C)NC(=O)c1ccnc(Nc2c(C)cccc2C(C)C)n1. The number of aromatic nitrogens is 2. The summed E-state index contributed by atoms with van der Waals surface area (Å²) in [5.41, 5.74) is 3.70. The first-order valence-electron chi connectivity index (χ1n) is 8.42. The number of para-hydroxylation sites is 1.